The summed E-state index contributed by atoms with van der Waals surface area (Å²) in [6.45, 7) is 1.90. The standard InChI is InChI=1S/C18H17N3O3/c1-12-6-2-3-7-13(12)15(22)11-20-17(23)14-10-19-16-8-4-5-9-21(16)18(14)24/h2-10,15,22H,11H2,1H3,(H,20,23). The van der Waals surface area contributed by atoms with E-state index in [-0.39, 0.29) is 12.1 Å². The van der Waals surface area contributed by atoms with E-state index in [4.69, 9.17) is 0 Å². The number of nitrogens with one attached hydrogen (secondary N) is 1. The number of aryl methyl sites for hydroxylation is 1. The maximum atomic E-state index is 12.3. The summed E-state index contributed by atoms with van der Waals surface area (Å²) in [7, 11) is 0. The van der Waals surface area contributed by atoms with Gasteiger partial charge in [-0.2, -0.15) is 0 Å². The first-order valence-electron chi connectivity index (χ1n) is 7.56. The van der Waals surface area contributed by atoms with Crippen molar-refractivity contribution in [2.45, 2.75) is 13.0 Å². The quantitative estimate of drug-likeness (QED) is 0.761. The van der Waals surface area contributed by atoms with Crippen LogP contribution in [-0.4, -0.2) is 26.9 Å². The van der Waals surface area contributed by atoms with E-state index in [0.29, 0.717) is 5.65 Å². The number of fused-ring (bicyclic) bond motifs is 1. The van der Waals surface area contributed by atoms with E-state index in [1.54, 1.807) is 30.5 Å². The van der Waals surface area contributed by atoms with Gasteiger partial charge in [0.1, 0.15) is 11.2 Å². The third-order valence-electron chi connectivity index (χ3n) is 3.86. The molecule has 0 saturated heterocycles. The van der Waals surface area contributed by atoms with E-state index in [0.717, 1.165) is 11.1 Å². The van der Waals surface area contributed by atoms with Gasteiger partial charge in [0.2, 0.25) is 0 Å². The van der Waals surface area contributed by atoms with Crippen LogP contribution in [0.3, 0.4) is 0 Å². The van der Waals surface area contributed by atoms with Crippen LogP contribution in [-0.2, 0) is 0 Å². The van der Waals surface area contributed by atoms with E-state index < -0.39 is 17.6 Å². The first-order chi connectivity index (χ1) is 11.6. The number of aliphatic hydroxyl groups excluding tert-OH is 1. The molecule has 0 radical (unpaired) electrons. The second kappa shape index (κ2) is 6.64. The zero-order valence-corrected chi connectivity index (χ0v) is 13.1. The van der Waals surface area contributed by atoms with Crippen LogP contribution >= 0.6 is 0 Å². The molecule has 2 aromatic heterocycles. The van der Waals surface area contributed by atoms with Crippen molar-refractivity contribution in [3.63, 3.8) is 0 Å². The number of aliphatic hydroxyl groups is 1. The fourth-order valence-corrected chi connectivity index (χ4v) is 2.54. The molecule has 3 aromatic rings. The smallest absolute Gasteiger partial charge is 0.270 e. The largest absolute Gasteiger partial charge is 0.387 e. The Hall–Kier alpha value is -2.99. The Kier molecular flexibility index (Phi) is 4.39. The third kappa shape index (κ3) is 3.04. The summed E-state index contributed by atoms with van der Waals surface area (Å²) in [5.74, 6) is -0.557. The average molecular weight is 323 g/mol. The zero-order chi connectivity index (χ0) is 17.1. The summed E-state index contributed by atoms with van der Waals surface area (Å²) in [6, 6.07) is 12.5. The van der Waals surface area contributed by atoms with Gasteiger partial charge in [-0.05, 0) is 30.2 Å². The van der Waals surface area contributed by atoms with Gasteiger partial charge in [-0.25, -0.2) is 4.98 Å². The molecule has 0 saturated carbocycles. The lowest BCUT2D eigenvalue weighted by Crippen LogP contribution is -2.34. The molecule has 0 aliphatic carbocycles. The number of nitrogens with zero attached hydrogens (tertiary/aromatic N) is 2. The van der Waals surface area contributed by atoms with Gasteiger partial charge in [-0.15, -0.1) is 0 Å². The highest BCUT2D eigenvalue weighted by Crippen LogP contribution is 2.16. The molecule has 1 amide bonds. The molecule has 0 aliphatic rings. The molecule has 0 aliphatic heterocycles. The Morgan fingerprint density at radius 2 is 2.00 bits per heavy atom. The Morgan fingerprint density at radius 3 is 2.79 bits per heavy atom. The first-order valence-corrected chi connectivity index (χ1v) is 7.56. The normalized spacial score (nSPS) is 12.1. The predicted octanol–water partition coefficient (Wildman–Crippen LogP) is 1.47. The second-order valence-corrected chi connectivity index (χ2v) is 5.49. The van der Waals surface area contributed by atoms with Crippen LogP contribution in [0.5, 0.6) is 0 Å². The van der Waals surface area contributed by atoms with Crippen molar-refractivity contribution in [1.29, 1.82) is 0 Å². The van der Waals surface area contributed by atoms with Gasteiger partial charge in [-0.1, -0.05) is 30.3 Å². The molecule has 122 valence electrons. The van der Waals surface area contributed by atoms with E-state index >= 15 is 0 Å². The van der Waals surface area contributed by atoms with Crippen molar-refractivity contribution in [2.24, 2.45) is 0 Å². The van der Waals surface area contributed by atoms with Crippen LogP contribution in [0.2, 0.25) is 0 Å². The van der Waals surface area contributed by atoms with E-state index in [1.165, 1.54) is 10.6 Å². The van der Waals surface area contributed by atoms with Crippen molar-refractivity contribution < 1.29 is 9.90 Å². The Labute approximate surface area is 138 Å². The first kappa shape index (κ1) is 15.9. The molecule has 3 rings (SSSR count). The molecular formula is C18H17N3O3. The van der Waals surface area contributed by atoms with Gasteiger partial charge >= 0.3 is 0 Å². The van der Waals surface area contributed by atoms with Crippen molar-refractivity contribution >= 4 is 11.6 Å². The lowest BCUT2D eigenvalue weighted by atomic mass is 10.0. The van der Waals surface area contributed by atoms with Gasteiger partial charge in [0, 0.05) is 18.9 Å². The van der Waals surface area contributed by atoms with Gasteiger partial charge in [0.25, 0.3) is 11.5 Å². The van der Waals surface area contributed by atoms with Crippen LogP contribution in [0.25, 0.3) is 5.65 Å². The monoisotopic (exact) mass is 323 g/mol. The molecule has 24 heavy (non-hydrogen) atoms. The number of carbonyl (C=O) groups excluding carboxylic acids is 1. The number of carbonyl (C=O) groups is 1. The minimum atomic E-state index is -0.841. The number of pyridine rings is 1. The third-order valence-corrected chi connectivity index (χ3v) is 3.86. The summed E-state index contributed by atoms with van der Waals surface area (Å²) >= 11 is 0. The molecule has 6 nitrogen and oxygen atoms in total. The molecule has 1 atom stereocenters. The fourth-order valence-electron chi connectivity index (χ4n) is 2.54. The topological polar surface area (TPSA) is 83.7 Å². The number of hydrogen-bond donors (Lipinski definition) is 2. The maximum Gasteiger partial charge on any atom is 0.270 e. The summed E-state index contributed by atoms with van der Waals surface area (Å²) in [4.78, 5) is 28.7. The van der Waals surface area contributed by atoms with Crippen LogP contribution in [0.1, 0.15) is 27.6 Å². The highest BCUT2D eigenvalue weighted by molar-refractivity contribution is 5.93. The minimum Gasteiger partial charge on any atom is -0.387 e. The van der Waals surface area contributed by atoms with Crippen molar-refractivity contribution in [3.05, 3.63) is 81.9 Å². The SMILES string of the molecule is Cc1ccccc1C(O)CNC(=O)c1cnc2ccccn2c1=O. The molecule has 0 bridgehead atoms. The number of benzene rings is 1. The Balaban J connectivity index is 1.77. The molecule has 1 unspecified atom stereocenters. The number of amides is 1. The van der Waals surface area contributed by atoms with Crippen molar-refractivity contribution in [2.75, 3.05) is 6.54 Å². The summed E-state index contributed by atoms with van der Waals surface area (Å²) in [5, 5.41) is 12.8. The maximum absolute atomic E-state index is 12.3. The zero-order valence-electron chi connectivity index (χ0n) is 13.1. The van der Waals surface area contributed by atoms with E-state index in [2.05, 4.69) is 10.3 Å². The second-order valence-electron chi connectivity index (χ2n) is 5.49. The molecule has 6 heteroatoms. The average Bonchev–Trinajstić information content (AvgIpc) is 2.60. The number of hydrogen-bond acceptors (Lipinski definition) is 4. The van der Waals surface area contributed by atoms with Gasteiger partial charge in [0.15, 0.2) is 0 Å². The fraction of sp³-hybridized carbons (Fsp3) is 0.167. The number of rotatable bonds is 4. The molecule has 2 N–H and O–H groups in total. The van der Waals surface area contributed by atoms with Crippen molar-refractivity contribution in [3.8, 4) is 0 Å². The van der Waals surface area contributed by atoms with Crippen LogP contribution in [0, 0.1) is 6.92 Å². The lowest BCUT2D eigenvalue weighted by molar-refractivity contribution is 0.0914. The van der Waals surface area contributed by atoms with Gasteiger partial charge in [0.05, 0.1) is 6.10 Å². The van der Waals surface area contributed by atoms with Crippen LogP contribution < -0.4 is 10.9 Å². The Bertz CT molecular complexity index is 949. The molecular weight excluding hydrogens is 306 g/mol. The summed E-state index contributed by atoms with van der Waals surface area (Å²) in [6.07, 6.45) is 1.97. The highest BCUT2D eigenvalue weighted by Gasteiger charge is 2.16. The van der Waals surface area contributed by atoms with E-state index in [9.17, 15) is 14.7 Å². The molecule has 2 heterocycles. The molecule has 1 aromatic carbocycles. The molecule has 0 fully saturated rings. The Morgan fingerprint density at radius 1 is 1.25 bits per heavy atom. The van der Waals surface area contributed by atoms with Crippen molar-refractivity contribution in [1.82, 2.24) is 14.7 Å². The van der Waals surface area contributed by atoms with E-state index in [1.807, 2.05) is 25.1 Å². The summed E-state index contributed by atoms with van der Waals surface area (Å²) < 4.78 is 1.31. The summed E-state index contributed by atoms with van der Waals surface area (Å²) in [5.41, 5.74) is 1.65. The van der Waals surface area contributed by atoms with Crippen LogP contribution in [0.4, 0.5) is 0 Å². The lowest BCUT2D eigenvalue weighted by Gasteiger charge is -2.14. The van der Waals surface area contributed by atoms with Gasteiger partial charge < -0.3 is 10.4 Å². The minimum absolute atomic E-state index is 0.0145. The van der Waals surface area contributed by atoms with Crippen LogP contribution in [0.15, 0.2) is 59.7 Å². The van der Waals surface area contributed by atoms with Gasteiger partial charge in [-0.3, -0.25) is 14.0 Å². The number of aromatic nitrogens is 2. The molecule has 0 spiro atoms. The highest BCUT2D eigenvalue weighted by atomic mass is 16.3. The predicted molar refractivity (Wildman–Crippen MR) is 89.9 cm³/mol.